The number of benzene rings is 1. The lowest BCUT2D eigenvalue weighted by Crippen LogP contribution is -2.50. The number of piperazine rings is 1. The van der Waals surface area contributed by atoms with Gasteiger partial charge >= 0.3 is 5.97 Å². The summed E-state index contributed by atoms with van der Waals surface area (Å²) in [7, 11) is 3.47. The highest BCUT2D eigenvalue weighted by Crippen LogP contribution is 2.20. The maximum Gasteiger partial charge on any atom is 0.308 e. The SMILES string of the molecule is Cc1cccc(C)c1NC(=O)C[C@H](CN1CCN(CC(=O)N(C)C)CC1)C(=O)O. The van der Waals surface area contributed by atoms with Gasteiger partial charge in [0.25, 0.3) is 0 Å². The summed E-state index contributed by atoms with van der Waals surface area (Å²) in [6, 6.07) is 5.75. The highest BCUT2D eigenvalue weighted by Gasteiger charge is 2.27. The Hall–Kier alpha value is -2.45. The summed E-state index contributed by atoms with van der Waals surface area (Å²) in [5.41, 5.74) is 2.66. The van der Waals surface area contributed by atoms with Crippen molar-refractivity contribution in [2.24, 2.45) is 5.92 Å². The fourth-order valence-electron chi connectivity index (χ4n) is 3.43. The molecule has 0 spiro atoms. The zero-order valence-electron chi connectivity index (χ0n) is 17.8. The number of para-hydroxylation sites is 1. The second kappa shape index (κ2) is 10.4. The largest absolute Gasteiger partial charge is 0.481 e. The molecule has 8 nitrogen and oxygen atoms in total. The third kappa shape index (κ3) is 6.83. The van der Waals surface area contributed by atoms with Crippen LogP contribution in [0.2, 0.25) is 0 Å². The Morgan fingerprint density at radius 2 is 1.62 bits per heavy atom. The number of rotatable bonds is 8. The van der Waals surface area contributed by atoms with Crippen molar-refractivity contribution in [3.8, 4) is 0 Å². The fraction of sp³-hybridized carbons (Fsp3) is 0.571. The second-order valence-electron chi connectivity index (χ2n) is 7.92. The molecule has 8 heteroatoms. The number of amides is 2. The van der Waals surface area contributed by atoms with E-state index >= 15 is 0 Å². The number of anilines is 1. The lowest BCUT2D eigenvalue weighted by atomic mass is 10.0. The van der Waals surface area contributed by atoms with Crippen molar-refractivity contribution in [3.63, 3.8) is 0 Å². The van der Waals surface area contributed by atoms with Crippen molar-refractivity contribution in [3.05, 3.63) is 29.3 Å². The summed E-state index contributed by atoms with van der Waals surface area (Å²) >= 11 is 0. The summed E-state index contributed by atoms with van der Waals surface area (Å²) in [6.45, 7) is 7.31. The first-order valence-electron chi connectivity index (χ1n) is 9.91. The van der Waals surface area contributed by atoms with Gasteiger partial charge in [-0.05, 0) is 25.0 Å². The van der Waals surface area contributed by atoms with Crippen LogP contribution in [0.1, 0.15) is 17.5 Å². The molecule has 160 valence electrons. The molecular weight excluding hydrogens is 372 g/mol. The molecule has 0 aromatic heterocycles. The van der Waals surface area contributed by atoms with E-state index in [2.05, 4.69) is 15.1 Å². The van der Waals surface area contributed by atoms with Crippen molar-refractivity contribution in [1.29, 1.82) is 0 Å². The monoisotopic (exact) mass is 404 g/mol. The maximum absolute atomic E-state index is 12.5. The van der Waals surface area contributed by atoms with E-state index in [1.165, 1.54) is 0 Å². The summed E-state index contributed by atoms with van der Waals surface area (Å²) < 4.78 is 0. The number of aliphatic carboxylic acids is 1. The zero-order chi connectivity index (χ0) is 21.6. The van der Waals surface area contributed by atoms with Crippen LogP contribution in [0.5, 0.6) is 0 Å². The number of nitrogens with one attached hydrogen (secondary N) is 1. The van der Waals surface area contributed by atoms with Gasteiger partial charge in [0, 0.05) is 58.9 Å². The van der Waals surface area contributed by atoms with Gasteiger partial charge in [-0.25, -0.2) is 0 Å². The van der Waals surface area contributed by atoms with Crippen molar-refractivity contribution in [2.45, 2.75) is 20.3 Å². The van der Waals surface area contributed by atoms with E-state index in [1.807, 2.05) is 32.0 Å². The smallest absolute Gasteiger partial charge is 0.308 e. The molecule has 1 atom stereocenters. The summed E-state index contributed by atoms with van der Waals surface area (Å²) in [5, 5.41) is 12.5. The van der Waals surface area contributed by atoms with E-state index in [4.69, 9.17) is 0 Å². The average molecular weight is 405 g/mol. The third-order valence-electron chi connectivity index (χ3n) is 5.33. The average Bonchev–Trinajstić information content (AvgIpc) is 2.65. The number of carboxylic acid groups (broad SMARTS) is 1. The van der Waals surface area contributed by atoms with Crippen molar-refractivity contribution < 1.29 is 19.5 Å². The summed E-state index contributed by atoms with van der Waals surface area (Å²) in [5.74, 6) is -1.96. The van der Waals surface area contributed by atoms with Crippen LogP contribution in [0.4, 0.5) is 5.69 Å². The maximum atomic E-state index is 12.5. The first-order valence-corrected chi connectivity index (χ1v) is 9.91. The minimum atomic E-state index is -0.966. The van der Waals surface area contributed by atoms with Crippen molar-refractivity contribution in [1.82, 2.24) is 14.7 Å². The summed E-state index contributed by atoms with van der Waals surface area (Å²) in [4.78, 5) is 41.7. The lowest BCUT2D eigenvalue weighted by Gasteiger charge is -2.35. The van der Waals surface area contributed by atoms with E-state index in [1.54, 1.807) is 19.0 Å². The van der Waals surface area contributed by atoms with Crippen LogP contribution >= 0.6 is 0 Å². The Labute approximate surface area is 172 Å². The van der Waals surface area contributed by atoms with Crippen molar-refractivity contribution >= 4 is 23.5 Å². The first-order chi connectivity index (χ1) is 13.7. The highest BCUT2D eigenvalue weighted by atomic mass is 16.4. The molecule has 1 saturated heterocycles. The van der Waals surface area contributed by atoms with Gasteiger partial charge in [0.2, 0.25) is 11.8 Å². The van der Waals surface area contributed by atoms with Crippen LogP contribution in [-0.2, 0) is 14.4 Å². The van der Waals surface area contributed by atoms with Crippen LogP contribution in [-0.4, -0.2) is 91.0 Å². The Morgan fingerprint density at radius 3 is 2.14 bits per heavy atom. The van der Waals surface area contributed by atoms with E-state index < -0.39 is 11.9 Å². The molecule has 0 radical (unpaired) electrons. The van der Waals surface area contributed by atoms with Gasteiger partial charge in [0.15, 0.2) is 0 Å². The molecule has 0 saturated carbocycles. The number of aryl methyl sites for hydroxylation is 2. The molecule has 0 bridgehead atoms. The molecule has 1 heterocycles. The molecule has 0 aliphatic carbocycles. The van der Waals surface area contributed by atoms with Crippen LogP contribution in [0.15, 0.2) is 18.2 Å². The number of hydrogen-bond donors (Lipinski definition) is 2. The fourth-order valence-corrected chi connectivity index (χ4v) is 3.43. The summed E-state index contributed by atoms with van der Waals surface area (Å²) in [6.07, 6.45) is -0.0670. The number of carbonyl (C=O) groups excluding carboxylic acids is 2. The van der Waals surface area contributed by atoms with E-state index in [0.29, 0.717) is 39.3 Å². The van der Waals surface area contributed by atoms with Gasteiger partial charge in [-0.15, -0.1) is 0 Å². The van der Waals surface area contributed by atoms with Crippen LogP contribution in [0.25, 0.3) is 0 Å². The van der Waals surface area contributed by atoms with Gasteiger partial charge < -0.3 is 15.3 Å². The molecule has 0 unspecified atom stereocenters. The van der Waals surface area contributed by atoms with Crippen LogP contribution in [0, 0.1) is 19.8 Å². The van der Waals surface area contributed by atoms with Gasteiger partial charge in [0.1, 0.15) is 0 Å². The molecule has 1 aliphatic heterocycles. The van der Waals surface area contributed by atoms with Crippen molar-refractivity contribution in [2.75, 3.05) is 58.7 Å². The molecule has 2 rings (SSSR count). The lowest BCUT2D eigenvalue weighted by molar-refractivity contribution is -0.144. The molecule has 1 aromatic rings. The third-order valence-corrected chi connectivity index (χ3v) is 5.33. The van der Waals surface area contributed by atoms with E-state index in [0.717, 1.165) is 16.8 Å². The molecule has 1 aliphatic rings. The minimum absolute atomic E-state index is 0.0602. The van der Waals surface area contributed by atoms with E-state index in [9.17, 15) is 19.5 Å². The number of carboxylic acids is 1. The Bertz CT molecular complexity index is 722. The zero-order valence-corrected chi connectivity index (χ0v) is 17.8. The van der Waals surface area contributed by atoms with Gasteiger partial charge in [-0.3, -0.25) is 24.2 Å². The predicted molar refractivity (Wildman–Crippen MR) is 112 cm³/mol. The molecule has 2 amide bonds. The quantitative estimate of drug-likeness (QED) is 0.673. The molecular formula is C21H32N4O4. The van der Waals surface area contributed by atoms with Gasteiger partial charge in [-0.1, -0.05) is 18.2 Å². The van der Waals surface area contributed by atoms with Gasteiger partial charge in [0.05, 0.1) is 12.5 Å². The van der Waals surface area contributed by atoms with Crippen LogP contribution in [0.3, 0.4) is 0 Å². The first kappa shape index (κ1) is 22.8. The molecule has 1 fully saturated rings. The molecule has 2 N–H and O–H groups in total. The number of nitrogens with zero attached hydrogens (tertiary/aromatic N) is 3. The Kier molecular flexibility index (Phi) is 8.16. The van der Waals surface area contributed by atoms with Gasteiger partial charge in [-0.2, -0.15) is 0 Å². The topological polar surface area (TPSA) is 93.2 Å². The number of carbonyl (C=O) groups is 3. The highest BCUT2D eigenvalue weighted by molar-refractivity contribution is 5.94. The Balaban J connectivity index is 1.87. The normalized spacial score (nSPS) is 16.3. The molecule has 1 aromatic carbocycles. The standard InChI is InChI=1S/C21H32N4O4/c1-15-6-5-7-16(2)20(15)22-18(26)12-17(21(28)29)13-24-8-10-25(11-9-24)14-19(27)23(3)4/h5-7,17H,8-14H2,1-4H3,(H,22,26)(H,28,29)/t17-/m1/s1. The second-order valence-corrected chi connectivity index (χ2v) is 7.92. The van der Waals surface area contributed by atoms with E-state index in [-0.39, 0.29) is 18.2 Å². The minimum Gasteiger partial charge on any atom is -0.481 e. The Morgan fingerprint density at radius 1 is 1.07 bits per heavy atom. The predicted octanol–water partition coefficient (Wildman–Crippen LogP) is 1.04. The van der Waals surface area contributed by atoms with Crippen LogP contribution < -0.4 is 5.32 Å². The molecule has 29 heavy (non-hydrogen) atoms. The number of hydrogen-bond acceptors (Lipinski definition) is 5. The number of likely N-dealkylation sites (N-methyl/N-ethyl adjacent to an activating group) is 1.